The van der Waals surface area contributed by atoms with Gasteiger partial charge in [0.25, 0.3) is 0 Å². The van der Waals surface area contributed by atoms with Crippen LogP contribution in [0, 0.1) is 0 Å². The van der Waals surface area contributed by atoms with Crippen LogP contribution in [-0.4, -0.2) is 66.2 Å². The van der Waals surface area contributed by atoms with E-state index < -0.39 is 12.0 Å². The topological polar surface area (TPSA) is 83.5 Å². The molecule has 8 nitrogen and oxygen atoms in total. The second kappa shape index (κ2) is 12.8. The van der Waals surface area contributed by atoms with E-state index in [4.69, 9.17) is 26.1 Å². The van der Waals surface area contributed by atoms with Crippen LogP contribution in [-0.2, 0) is 25.7 Å². The van der Waals surface area contributed by atoms with Crippen molar-refractivity contribution in [1.29, 1.82) is 0 Å². The summed E-state index contributed by atoms with van der Waals surface area (Å²) in [5.74, 6) is -0.552. The number of nitrogens with zero attached hydrogens (tertiary/aromatic N) is 3. The Labute approximate surface area is 237 Å². The van der Waals surface area contributed by atoms with Crippen LogP contribution >= 0.6 is 23.4 Å². The maximum absolute atomic E-state index is 13.5. The zero-order valence-corrected chi connectivity index (χ0v) is 23.3. The van der Waals surface area contributed by atoms with Gasteiger partial charge >= 0.3 is 5.97 Å². The molecule has 3 aliphatic rings. The first kappa shape index (κ1) is 27.5. The number of nitrogens with one attached hydrogen (secondary N) is 1. The quantitative estimate of drug-likeness (QED) is 0.448. The standard InChI is InChI=1S/C29H31ClN4O4S/c1-20-26(28(36)38-18-21-7-3-2-4-8-21)27(23-9-5-6-10-24(23)30)34-22(19-39-29(34)32-20)17-25(35)31-11-12-33-13-15-37-16-14-33/h2-10,19,27H,11-18H2,1H3,(H,31,35)/t27-/m0/s1. The van der Waals surface area contributed by atoms with Crippen molar-refractivity contribution in [2.45, 2.75) is 26.0 Å². The highest BCUT2D eigenvalue weighted by molar-refractivity contribution is 8.16. The first-order valence-electron chi connectivity index (χ1n) is 13.0. The summed E-state index contributed by atoms with van der Waals surface area (Å²) in [7, 11) is 0. The molecule has 0 saturated carbocycles. The maximum atomic E-state index is 13.5. The average molecular weight is 567 g/mol. The van der Waals surface area contributed by atoms with Gasteiger partial charge in [0.2, 0.25) is 5.91 Å². The van der Waals surface area contributed by atoms with Gasteiger partial charge in [-0.3, -0.25) is 9.69 Å². The molecule has 1 N–H and O–H groups in total. The number of ether oxygens (including phenoxy) is 2. The molecule has 39 heavy (non-hydrogen) atoms. The summed E-state index contributed by atoms with van der Waals surface area (Å²) in [6.45, 7) is 6.49. The lowest BCUT2D eigenvalue weighted by molar-refractivity contribution is -0.141. The van der Waals surface area contributed by atoms with E-state index >= 15 is 0 Å². The van der Waals surface area contributed by atoms with Crippen LogP contribution < -0.4 is 5.32 Å². The largest absolute Gasteiger partial charge is 0.457 e. The lowest BCUT2D eigenvalue weighted by atomic mass is 9.93. The van der Waals surface area contributed by atoms with Crippen LogP contribution in [0.4, 0.5) is 0 Å². The number of halogens is 1. The van der Waals surface area contributed by atoms with E-state index in [1.807, 2.05) is 65.8 Å². The molecule has 1 amide bonds. The molecule has 0 unspecified atom stereocenters. The van der Waals surface area contributed by atoms with Gasteiger partial charge in [-0.2, -0.15) is 0 Å². The average Bonchev–Trinajstić information content (AvgIpc) is 3.34. The van der Waals surface area contributed by atoms with Gasteiger partial charge in [-0.15, -0.1) is 0 Å². The Bertz CT molecular complexity index is 1310. The summed E-state index contributed by atoms with van der Waals surface area (Å²) in [5.41, 5.74) is 3.38. The number of amidine groups is 1. The molecule has 2 aromatic rings. The van der Waals surface area contributed by atoms with E-state index in [1.54, 1.807) is 6.07 Å². The van der Waals surface area contributed by atoms with E-state index in [0.29, 0.717) is 28.0 Å². The van der Waals surface area contributed by atoms with E-state index in [-0.39, 0.29) is 18.9 Å². The Morgan fingerprint density at radius 3 is 2.64 bits per heavy atom. The number of amides is 1. The fourth-order valence-corrected chi connectivity index (χ4v) is 6.03. The molecule has 3 aliphatic heterocycles. The molecule has 3 heterocycles. The van der Waals surface area contributed by atoms with Gasteiger partial charge in [-0.05, 0) is 29.5 Å². The third-order valence-electron chi connectivity index (χ3n) is 6.83. The molecule has 1 fully saturated rings. The first-order chi connectivity index (χ1) is 19.0. The predicted molar refractivity (Wildman–Crippen MR) is 153 cm³/mol. The minimum Gasteiger partial charge on any atom is -0.457 e. The number of hydrogen-bond donors (Lipinski definition) is 1. The van der Waals surface area contributed by atoms with Crippen molar-refractivity contribution in [3.8, 4) is 0 Å². The fraction of sp³-hybridized carbons (Fsp3) is 0.345. The second-order valence-corrected chi connectivity index (χ2v) is 10.7. The van der Waals surface area contributed by atoms with Gasteiger partial charge in [-0.1, -0.05) is 71.9 Å². The molecular weight excluding hydrogens is 536 g/mol. The molecule has 1 saturated heterocycles. The number of aliphatic imine (C=N–C) groups is 1. The van der Waals surface area contributed by atoms with Crippen molar-refractivity contribution < 1.29 is 19.1 Å². The van der Waals surface area contributed by atoms with E-state index in [9.17, 15) is 9.59 Å². The number of hydrogen-bond acceptors (Lipinski definition) is 8. The number of benzene rings is 2. The molecule has 10 heteroatoms. The summed E-state index contributed by atoms with van der Waals surface area (Å²) >= 11 is 8.11. The van der Waals surface area contributed by atoms with Gasteiger partial charge in [0, 0.05) is 36.9 Å². The molecule has 5 rings (SSSR count). The molecule has 1 atom stereocenters. The third-order valence-corrected chi connectivity index (χ3v) is 8.06. The summed E-state index contributed by atoms with van der Waals surface area (Å²) in [6, 6.07) is 16.4. The van der Waals surface area contributed by atoms with Crippen molar-refractivity contribution in [2.24, 2.45) is 4.99 Å². The molecule has 0 spiro atoms. The van der Waals surface area contributed by atoms with Gasteiger partial charge in [0.1, 0.15) is 6.61 Å². The second-order valence-electron chi connectivity index (χ2n) is 9.46. The SMILES string of the molecule is CC1=C(C(=O)OCc2ccccc2)[C@H](c2ccccc2Cl)N2C(CC(=O)NCCN3CCOCC3)=CSC2=N1. The Balaban J connectivity index is 1.34. The molecule has 0 bridgehead atoms. The van der Waals surface area contributed by atoms with E-state index in [2.05, 4.69) is 10.2 Å². The van der Waals surface area contributed by atoms with Crippen molar-refractivity contribution in [1.82, 2.24) is 15.1 Å². The van der Waals surface area contributed by atoms with Crippen LogP contribution in [0.2, 0.25) is 5.02 Å². The van der Waals surface area contributed by atoms with Crippen LogP contribution in [0.5, 0.6) is 0 Å². The maximum Gasteiger partial charge on any atom is 0.338 e. The van der Waals surface area contributed by atoms with Gasteiger partial charge < -0.3 is 19.7 Å². The number of morpholine rings is 1. The Kier molecular flexibility index (Phi) is 9.03. The minimum atomic E-state index is -0.572. The highest BCUT2D eigenvalue weighted by Crippen LogP contribution is 2.46. The zero-order chi connectivity index (χ0) is 27.2. The van der Waals surface area contributed by atoms with Crippen LogP contribution in [0.25, 0.3) is 0 Å². The van der Waals surface area contributed by atoms with Crippen LogP contribution in [0.3, 0.4) is 0 Å². The fourth-order valence-electron chi connectivity index (χ4n) is 4.83. The summed E-state index contributed by atoms with van der Waals surface area (Å²) < 4.78 is 11.1. The summed E-state index contributed by atoms with van der Waals surface area (Å²) in [5, 5.41) is 6.18. The summed E-state index contributed by atoms with van der Waals surface area (Å²) in [6.07, 6.45) is 0.154. The smallest absolute Gasteiger partial charge is 0.338 e. The number of rotatable bonds is 9. The number of thioether (sulfide) groups is 1. The number of esters is 1. The van der Waals surface area contributed by atoms with Gasteiger partial charge in [0.05, 0.1) is 36.9 Å². The number of carbonyl (C=O) groups is 2. The van der Waals surface area contributed by atoms with Crippen molar-refractivity contribution in [3.63, 3.8) is 0 Å². The third kappa shape index (κ3) is 6.55. The molecule has 2 aromatic carbocycles. The zero-order valence-electron chi connectivity index (χ0n) is 21.8. The highest BCUT2D eigenvalue weighted by Gasteiger charge is 2.41. The molecule has 0 aromatic heterocycles. The number of carbonyl (C=O) groups excluding carboxylic acids is 2. The first-order valence-corrected chi connectivity index (χ1v) is 14.2. The summed E-state index contributed by atoms with van der Waals surface area (Å²) in [4.78, 5) is 35.5. The lowest BCUT2D eigenvalue weighted by Gasteiger charge is -2.36. The number of fused-ring (bicyclic) bond motifs is 1. The highest BCUT2D eigenvalue weighted by atomic mass is 35.5. The molecule has 0 radical (unpaired) electrons. The Morgan fingerprint density at radius 2 is 1.87 bits per heavy atom. The van der Waals surface area contributed by atoms with Crippen molar-refractivity contribution >= 4 is 40.4 Å². The Morgan fingerprint density at radius 1 is 1.13 bits per heavy atom. The normalized spacial score (nSPS) is 19.3. The predicted octanol–water partition coefficient (Wildman–Crippen LogP) is 4.50. The Hall–Kier alpha value is -3.11. The van der Waals surface area contributed by atoms with E-state index in [0.717, 1.165) is 49.7 Å². The van der Waals surface area contributed by atoms with Crippen molar-refractivity contribution in [2.75, 3.05) is 39.4 Å². The monoisotopic (exact) mass is 566 g/mol. The number of allylic oxidation sites excluding steroid dienone is 1. The molecule has 0 aliphatic carbocycles. The van der Waals surface area contributed by atoms with Crippen molar-refractivity contribution in [3.05, 3.63) is 93.1 Å². The van der Waals surface area contributed by atoms with E-state index in [1.165, 1.54) is 11.8 Å². The minimum absolute atomic E-state index is 0.0891. The van der Waals surface area contributed by atoms with Gasteiger partial charge in [0.15, 0.2) is 5.17 Å². The lowest BCUT2D eigenvalue weighted by Crippen LogP contribution is -2.42. The van der Waals surface area contributed by atoms with Crippen LogP contribution in [0.15, 0.2) is 82.0 Å². The van der Waals surface area contributed by atoms with Gasteiger partial charge in [-0.25, -0.2) is 9.79 Å². The molecular formula is C29H31ClN4O4S. The molecule has 204 valence electrons. The van der Waals surface area contributed by atoms with Crippen LogP contribution in [0.1, 0.15) is 30.5 Å².